The molecule has 9 nitrogen and oxygen atoms in total. The van der Waals surface area contributed by atoms with Gasteiger partial charge in [-0.15, -0.1) is 0 Å². The summed E-state index contributed by atoms with van der Waals surface area (Å²) in [5.74, 6) is -3.13. The first-order valence-corrected chi connectivity index (χ1v) is 12.4. The molecule has 0 unspecified atom stereocenters. The van der Waals surface area contributed by atoms with Gasteiger partial charge in [0.1, 0.15) is 6.04 Å². The lowest BCUT2D eigenvalue weighted by Crippen LogP contribution is -2.46. The normalized spacial score (nSPS) is 23.2. The summed E-state index contributed by atoms with van der Waals surface area (Å²) in [6, 6.07) is 16.8. The van der Waals surface area contributed by atoms with E-state index in [1.165, 1.54) is 18.2 Å². The van der Waals surface area contributed by atoms with Gasteiger partial charge >= 0.3 is 0 Å². The number of carbonyl (C=O) groups excluding carboxylic acids is 3. The number of halogens is 1. The Bertz CT molecular complexity index is 1550. The molecule has 2 fully saturated rings. The van der Waals surface area contributed by atoms with Gasteiger partial charge in [-0.3, -0.25) is 24.5 Å². The molecule has 0 bridgehead atoms. The van der Waals surface area contributed by atoms with Crippen molar-refractivity contribution < 1.29 is 19.3 Å². The van der Waals surface area contributed by atoms with Crippen LogP contribution in [0.5, 0.6) is 0 Å². The summed E-state index contributed by atoms with van der Waals surface area (Å²) in [6.45, 7) is 1.62. The van der Waals surface area contributed by atoms with Gasteiger partial charge in [0.2, 0.25) is 17.7 Å². The predicted molar refractivity (Wildman–Crippen MR) is 141 cm³/mol. The molecule has 3 aromatic carbocycles. The Hall–Kier alpha value is -4.50. The Labute approximate surface area is 222 Å². The third kappa shape index (κ3) is 3.58. The lowest BCUT2D eigenvalue weighted by molar-refractivity contribution is -0.384. The molecule has 10 heteroatoms. The highest BCUT2D eigenvalue weighted by Gasteiger charge is 2.64. The van der Waals surface area contributed by atoms with Crippen LogP contribution in [0.4, 0.5) is 17.1 Å². The van der Waals surface area contributed by atoms with Crippen molar-refractivity contribution in [2.75, 3.05) is 10.2 Å². The molecule has 0 aromatic heterocycles. The van der Waals surface area contributed by atoms with E-state index in [0.29, 0.717) is 16.3 Å². The van der Waals surface area contributed by atoms with E-state index in [1.54, 1.807) is 42.3 Å². The van der Waals surface area contributed by atoms with Gasteiger partial charge in [-0.2, -0.15) is 0 Å². The number of nitrogens with one attached hydrogen (secondary N) is 1. The van der Waals surface area contributed by atoms with Gasteiger partial charge < -0.3 is 10.2 Å². The number of fused-ring (bicyclic) bond motifs is 5. The number of amides is 3. The fourth-order valence-electron chi connectivity index (χ4n) is 5.85. The third-order valence-corrected chi connectivity index (χ3v) is 7.73. The van der Waals surface area contributed by atoms with E-state index >= 15 is 0 Å². The monoisotopic (exact) mass is 528 g/mol. The van der Waals surface area contributed by atoms with Crippen molar-refractivity contribution in [3.63, 3.8) is 0 Å². The maximum atomic E-state index is 14.0. The Morgan fingerprint density at radius 3 is 2.42 bits per heavy atom. The first-order valence-electron chi connectivity index (χ1n) is 12.0. The van der Waals surface area contributed by atoms with E-state index in [4.69, 9.17) is 11.6 Å². The molecule has 2 saturated heterocycles. The summed E-state index contributed by atoms with van der Waals surface area (Å²) in [4.78, 5) is 55.2. The maximum Gasteiger partial charge on any atom is 0.269 e. The molecular weight excluding hydrogens is 508 g/mol. The van der Waals surface area contributed by atoms with Gasteiger partial charge in [-0.1, -0.05) is 35.9 Å². The molecule has 0 aliphatic carbocycles. The van der Waals surface area contributed by atoms with Gasteiger partial charge in [-0.05, 0) is 60.0 Å². The van der Waals surface area contributed by atoms with Crippen LogP contribution in [0.15, 0.2) is 72.9 Å². The van der Waals surface area contributed by atoms with Crippen molar-refractivity contribution in [2.45, 2.75) is 19.0 Å². The van der Waals surface area contributed by atoms with Crippen LogP contribution in [0.1, 0.15) is 22.7 Å². The largest absolute Gasteiger partial charge is 0.357 e. The number of anilines is 2. The fraction of sp³-hybridized carbons (Fsp3) is 0.179. The number of nitro groups is 1. The molecule has 1 N–H and O–H groups in total. The zero-order valence-corrected chi connectivity index (χ0v) is 20.8. The first kappa shape index (κ1) is 23.9. The van der Waals surface area contributed by atoms with Crippen LogP contribution in [-0.2, 0) is 14.4 Å². The second kappa shape index (κ2) is 8.81. The van der Waals surface area contributed by atoms with Crippen molar-refractivity contribution >= 4 is 52.5 Å². The standard InChI is InChI=1S/C28H21ClN4O5/c1-15-14-19(33(37)38)10-11-21(15)32-27(35)22-23(28(32)36)25(26(34)30-18-8-6-17(29)7-9-18)31-13-12-16-4-2-3-5-20(16)24(22)31/h2-14,22-25H,1H3,(H,30,34)/t22-,23+,24-,25+/m0/s1. The van der Waals surface area contributed by atoms with Crippen molar-refractivity contribution in [3.8, 4) is 0 Å². The van der Waals surface area contributed by atoms with Crippen LogP contribution in [0.3, 0.4) is 0 Å². The lowest BCUT2D eigenvalue weighted by atomic mass is 9.84. The van der Waals surface area contributed by atoms with E-state index in [-0.39, 0.29) is 11.4 Å². The van der Waals surface area contributed by atoms with Crippen LogP contribution in [0.2, 0.25) is 5.02 Å². The smallest absolute Gasteiger partial charge is 0.269 e. The molecule has 3 aliphatic heterocycles. The van der Waals surface area contributed by atoms with Gasteiger partial charge in [0.25, 0.3) is 5.69 Å². The molecule has 3 aliphatic rings. The van der Waals surface area contributed by atoms with E-state index in [1.807, 2.05) is 30.3 Å². The molecule has 0 saturated carbocycles. The van der Waals surface area contributed by atoms with Crippen molar-refractivity contribution in [1.82, 2.24) is 4.90 Å². The van der Waals surface area contributed by atoms with E-state index in [9.17, 15) is 24.5 Å². The molecule has 3 aromatic rings. The molecule has 0 radical (unpaired) electrons. The summed E-state index contributed by atoms with van der Waals surface area (Å²) >= 11 is 5.98. The topological polar surface area (TPSA) is 113 Å². The number of aryl methyl sites for hydroxylation is 1. The number of carbonyl (C=O) groups is 3. The lowest BCUT2D eigenvalue weighted by Gasteiger charge is -2.35. The second-order valence-electron chi connectivity index (χ2n) is 9.57. The van der Waals surface area contributed by atoms with Gasteiger partial charge in [0.15, 0.2) is 0 Å². The summed E-state index contributed by atoms with van der Waals surface area (Å²) in [6.07, 6.45) is 3.65. The molecule has 3 amide bonds. The Morgan fingerprint density at radius 2 is 1.71 bits per heavy atom. The SMILES string of the molecule is Cc1cc([N+](=O)[O-])ccc1N1C(=O)[C@@H]2[C@H](C1=O)[C@@H]1c3ccccc3C=CN1[C@H]2C(=O)Nc1ccc(Cl)cc1. The number of hydrogen-bond acceptors (Lipinski definition) is 6. The van der Waals surface area contributed by atoms with Crippen molar-refractivity contribution in [2.24, 2.45) is 11.8 Å². The highest BCUT2D eigenvalue weighted by Crippen LogP contribution is 2.53. The zero-order valence-electron chi connectivity index (χ0n) is 20.1. The summed E-state index contributed by atoms with van der Waals surface area (Å²) in [5, 5.41) is 14.6. The minimum absolute atomic E-state index is 0.136. The molecule has 3 heterocycles. The Kier molecular flexibility index (Phi) is 5.53. The molecule has 6 rings (SSSR count). The van der Waals surface area contributed by atoms with Crippen molar-refractivity contribution in [1.29, 1.82) is 0 Å². The maximum absolute atomic E-state index is 14.0. The summed E-state index contributed by atoms with van der Waals surface area (Å²) < 4.78 is 0. The highest BCUT2D eigenvalue weighted by atomic mass is 35.5. The molecule has 38 heavy (non-hydrogen) atoms. The number of benzene rings is 3. The number of nitro benzene ring substituents is 1. The van der Waals surface area contributed by atoms with Crippen molar-refractivity contribution in [3.05, 3.63) is 105 Å². The second-order valence-corrected chi connectivity index (χ2v) is 10.0. The molecular formula is C28H21ClN4O5. The molecule has 0 spiro atoms. The number of non-ortho nitro benzene ring substituents is 1. The Morgan fingerprint density at radius 1 is 1.00 bits per heavy atom. The quantitative estimate of drug-likeness (QED) is 0.298. The van der Waals surface area contributed by atoms with Crippen LogP contribution in [0.25, 0.3) is 6.08 Å². The highest BCUT2D eigenvalue weighted by molar-refractivity contribution is 6.30. The van der Waals surface area contributed by atoms with Gasteiger partial charge in [0.05, 0.1) is 28.5 Å². The number of hydrogen-bond donors (Lipinski definition) is 1. The van der Waals surface area contributed by atoms with E-state index in [2.05, 4.69) is 5.32 Å². The van der Waals surface area contributed by atoms with Gasteiger partial charge in [0, 0.05) is 29.0 Å². The predicted octanol–water partition coefficient (Wildman–Crippen LogP) is 4.71. The van der Waals surface area contributed by atoms with Crippen LogP contribution < -0.4 is 10.2 Å². The average molecular weight is 529 g/mol. The zero-order chi connectivity index (χ0) is 26.7. The van der Waals surface area contributed by atoms with E-state index < -0.39 is 46.6 Å². The van der Waals surface area contributed by atoms with Crippen LogP contribution in [0, 0.1) is 28.9 Å². The van der Waals surface area contributed by atoms with E-state index in [0.717, 1.165) is 16.0 Å². The molecule has 190 valence electrons. The Balaban J connectivity index is 1.43. The van der Waals surface area contributed by atoms with Gasteiger partial charge in [-0.25, -0.2) is 4.90 Å². The number of rotatable bonds is 4. The van der Waals surface area contributed by atoms with Crippen LogP contribution >= 0.6 is 11.6 Å². The first-order chi connectivity index (χ1) is 18.3. The summed E-state index contributed by atoms with van der Waals surface area (Å²) in [7, 11) is 0. The fourth-order valence-corrected chi connectivity index (χ4v) is 5.97. The average Bonchev–Trinajstić information content (AvgIpc) is 3.38. The minimum Gasteiger partial charge on any atom is -0.357 e. The minimum atomic E-state index is -0.954. The summed E-state index contributed by atoms with van der Waals surface area (Å²) in [5.41, 5.74) is 2.85. The van der Waals surface area contributed by atoms with Crippen LogP contribution in [-0.4, -0.2) is 33.6 Å². The number of imide groups is 1. The third-order valence-electron chi connectivity index (χ3n) is 7.47. The number of nitrogens with zero attached hydrogens (tertiary/aromatic N) is 3. The molecule has 4 atom stereocenters.